The second kappa shape index (κ2) is 14.9. The molecule has 3 nitrogen and oxygen atoms in total. The zero-order chi connectivity index (χ0) is 45.9. The third kappa shape index (κ3) is 5.52. The third-order valence-corrected chi connectivity index (χ3v) is 15.1. The normalized spacial score (nSPS) is 13.0. The first-order valence-electron chi connectivity index (χ1n) is 24.1. The summed E-state index contributed by atoms with van der Waals surface area (Å²) in [6.45, 7) is 0. The van der Waals surface area contributed by atoms with E-state index in [0.29, 0.717) is 0 Å². The van der Waals surface area contributed by atoms with E-state index in [2.05, 4.69) is 241 Å². The van der Waals surface area contributed by atoms with Gasteiger partial charge in [0, 0.05) is 44.2 Å². The monoisotopic (exact) mass is 891 g/mol. The Kier molecular flexibility index (Phi) is 8.28. The summed E-state index contributed by atoms with van der Waals surface area (Å²) < 4.78 is 13.4. The van der Waals surface area contributed by atoms with Gasteiger partial charge in [-0.05, 0) is 133 Å². The van der Waals surface area contributed by atoms with Crippen molar-refractivity contribution in [2.45, 2.75) is 5.41 Å². The molecular formula is C67H41NO2. The van der Waals surface area contributed by atoms with Gasteiger partial charge in [0.2, 0.25) is 0 Å². The molecule has 0 atom stereocenters. The lowest BCUT2D eigenvalue weighted by atomic mass is 9.70. The van der Waals surface area contributed by atoms with Crippen LogP contribution in [0.1, 0.15) is 22.3 Å². The van der Waals surface area contributed by atoms with E-state index < -0.39 is 5.41 Å². The standard InChI is InChI=1S/C67H41NO2/c1-3-15-42(16-4-1)43-27-32-47(33-28-43)68(49-36-37-53-52-21-9-13-25-59(52)67(60(53)40-49)57-23-11-7-19-50(57)51-20-8-12-24-58(51)67)48-34-29-44(30-35-48)46-31-38-62-55(39-46)56-41-63-65(54-22-10-14-26-61(54)69-63)64(66(56)70-62)45-17-5-2-6-18-45/h1-41H. The number of para-hydroxylation sites is 1. The summed E-state index contributed by atoms with van der Waals surface area (Å²) in [6, 6.07) is 90.4. The van der Waals surface area contributed by atoms with E-state index in [-0.39, 0.29) is 0 Å². The minimum absolute atomic E-state index is 0.449. The minimum Gasteiger partial charge on any atom is -0.456 e. The summed E-state index contributed by atoms with van der Waals surface area (Å²) in [4.78, 5) is 2.42. The Morgan fingerprint density at radius 3 is 1.41 bits per heavy atom. The van der Waals surface area contributed by atoms with E-state index in [0.717, 1.165) is 83.2 Å². The zero-order valence-corrected chi connectivity index (χ0v) is 37.9. The van der Waals surface area contributed by atoms with Crippen LogP contribution >= 0.6 is 0 Å². The first-order chi connectivity index (χ1) is 34.7. The Morgan fingerprint density at radius 1 is 0.286 bits per heavy atom. The van der Waals surface area contributed by atoms with Gasteiger partial charge in [-0.15, -0.1) is 0 Å². The quantitative estimate of drug-likeness (QED) is 0.167. The van der Waals surface area contributed by atoms with Gasteiger partial charge in [0.15, 0.2) is 0 Å². The van der Waals surface area contributed by atoms with Crippen molar-refractivity contribution in [1.29, 1.82) is 0 Å². The van der Waals surface area contributed by atoms with Crippen molar-refractivity contribution < 1.29 is 8.83 Å². The average molecular weight is 892 g/mol. The zero-order valence-electron chi connectivity index (χ0n) is 37.9. The van der Waals surface area contributed by atoms with Crippen LogP contribution in [-0.4, -0.2) is 0 Å². The van der Waals surface area contributed by atoms with Crippen LogP contribution in [0.2, 0.25) is 0 Å². The van der Waals surface area contributed by atoms with Crippen LogP contribution in [0.25, 0.3) is 99.5 Å². The summed E-state index contributed by atoms with van der Waals surface area (Å²) in [5.74, 6) is 0. The van der Waals surface area contributed by atoms with E-state index in [1.165, 1.54) is 55.6 Å². The van der Waals surface area contributed by atoms with Crippen LogP contribution in [0.4, 0.5) is 17.1 Å². The van der Waals surface area contributed by atoms with Gasteiger partial charge in [-0.1, -0.05) is 188 Å². The molecule has 0 N–H and O–H groups in total. The van der Waals surface area contributed by atoms with Crippen molar-refractivity contribution >= 4 is 60.9 Å². The molecule has 2 aliphatic rings. The van der Waals surface area contributed by atoms with Crippen LogP contribution in [0, 0.1) is 0 Å². The molecular weight excluding hydrogens is 851 g/mol. The summed E-state index contributed by atoms with van der Waals surface area (Å²) in [5, 5.41) is 4.25. The number of hydrogen-bond donors (Lipinski definition) is 0. The predicted molar refractivity (Wildman–Crippen MR) is 288 cm³/mol. The maximum absolute atomic E-state index is 6.82. The van der Waals surface area contributed by atoms with Gasteiger partial charge in [-0.25, -0.2) is 0 Å². The van der Waals surface area contributed by atoms with Gasteiger partial charge in [0.1, 0.15) is 22.3 Å². The lowest BCUT2D eigenvalue weighted by Gasteiger charge is -2.32. The fourth-order valence-electron chi connectivity index (χ4n) is 12.1. The molecule has 13 aromatic rings. The summed E-state index contributed by atoms with van der Waals surface area (Å²) >= 11 is 0. The van der Waals surface area contributed by atoms with Crippen LogP contribution in [0.5, 0.6) is 0 Å². The molecule has 2 aliphatic carbocycles. The highest BCUT2D eigenvalue weighted by Gasteiger charge is 2.51. The molecule has 0 amide bonds. The number of anilines is 3. The van der Waals surface area contributed by atoms with E-state index >= 15 is 0 Å². The second-order valence-electron chi connectivity index (χ2n) is 18.7. The topological polar surface area (TPSA) is 29.5 Å². The second-order valence-corrected chi connectivity index (χ2v) is 18.7. The molecule has 0 fully saturated rings. The first-order valence-corrected chi connectivity index (χ1v) is 24.1. The highest BCUT2D eigenvalue weighted by Crippen LogP contribution is 2.63. The number of rotatable bonds is 6. The summed E-state index contributed by atoms with van der Waals surface area (Å²) in [7, 11) is 0. The molecule has 2 aromatic heterocycles. The fourth-order valence-corrected chi connectivity index (χ4v) is 12.1. The number of benzene rings is 11. The van der Waals surface area contributed by atoms with Crippen LogP contribution < -0.4 is 4.90 Å². The van der Waals surface area contributed by atoms with Crippen LogP contribution in [-0.2, 0) is 5.41 Å². The molecule has 11 aromatic carbocycles. The molecule has 3 heteroatoms. The molecule has 0 aliphatic heterocycles. The number of furan rings is 2. The summed E-state index contributed by atoms with van der Waals surface area (Å²) in [5.41, 5.74) is 23.5. The Morgan fingerprint density at radius 2 is 0.771 bits per heavy atom. The average Bonchev–Trinajstić information content (AvgIpc) is 4.17. The first kappa shape index (κ1) is 38.9. The molecule has 0 bridgehead atoms. The van der Waals surface area contributed by atoms with E-state index in [1.54, 1.807) is 0 Å². The molecule has 0 unspecified atom stereocenters. The Bertz CT molecular complexity index is 4160. The molecule has 1 spiro atoms. The SMILES string of the molecule is c1ccc(-c2ccc(N(c3ccc(-c4ccc5oc6c(-c7ccccc7)c7c(cc6c5c4)oc4ccccc47)cc3)c3ccc4c(c3)C3(c5ccccc5-c5ccccc53)c3ccccc3-4)cc2)cc1. The van der Waals surface area contributed by atoms with Gasteiger partial charge in [0.25, 0.3) is 0 Å². The molecule has 0 saturated heterocycles. The maximum Gasteiger partial charge on any atom is 0.144 e. The van der Waals surface area contributed by atoms with Gasteiger partial charge >= 0.3 is 0 Å². The molecule has 0 radical (unpaired) electrons. The van der Waals surface area contributed by atoms with Crippen molar-refractivity contribution in [3.05, 3.63) is 271 Å². The van der Waals surface area contributed by atoms with Crippen LogP contribution in [0.3, 0.4) is 0 Å². The smallest absolute Gasteiger partial charge is 0.144 e. The largest absolute Gasteiger partial charge is 0.456 e. The van der Waals surface area contributed by atoms with Gasteiger partial charge in [-0.3, -0.25) is 0 Å². The highest BCUT2D eigenvalue weighted by atomic mass is 16.3. The van der Waals surface area contributed by atoms with Crippen LogP contribution in [0.15, 0.2) is 258 Å². The minimum atomic E-state index is -0.449. The lowest BCUT2D eigenvalue weighted by Crippen LogP contribution is -2.26. The summed E-state index contributed by atoms with van der Waals surface area (Å²) in [6.07, 6.45) is 0. The molecule has 326 valence electrons. The number of nitrogens with zero attached hydrogens (tertiary/aromatic N) is 1. The molecule has 15 rings (SSSR count). The van der Waals surface area contributed by atoms with E-state index in [1.807, 2.05) is 12.1 Å². The van der Waals surface area contributed by atoms with Gasteiger partial charge in [-0.2, -0.15) is 0 Å². The van der Waals surface area contributed by atoms with Crippen molar-refractivity contribution in [3.63, 3.8) is 0 Å². The van der Waals surface area contributed by atoms with Crippen molar-refractivity contribution in [1.82, 2.24) is 0 Å². The molecule has 0 saturated carbocycles. The van der Waals surface area contributed by atoms with Crippen molar-refractivity contribution in [2.24, 2.45) is 0 Å². The van der Waals surface area contributed by atoms with Gasteiger partial charge in [0.05, 0.1) is 5.41 Å². The molecule has 2 heterocycles. The molecule has 70 heavy (non-hydrogen) atoms. The Hall–Kier alpha value is -9.18. The van der Waals surface area contributed by atoms with E-state index in [9.17, 15) is 0 Å². The Labute approximate surface area is 404 Å². The highest BCUT2D eigenvalue weighted by molar-refractivity contribution is 6.23. The predicted octanol–water partition coefficient (Wildman–Crippen LogP) is 18.3. The third-order valence-electron chi connectivity index (χ3n) is 15.1. The lowest BCUT2D eigenvalue weighted by molar-refractivity contribution is 0.664. The van der Waals surface area contributed by atoms with Crippen molar-refractivity contribution in [2.75, 3.05) is 4.90 Å². The number of hydrogen-bond acceptors (Lipinski definition) is 3. The van der Waals surface area contributed by atoms with Crippen molar-refractivity contribution in [3.8, 4) is 55.6 Å². The maximum atomic E-state index is 6.82. The Balaban J connectivity index is 0.884. The number of fused-ring (bicyclic) bond motifs is 16. The van der Waals surface area contributed by atoms with E-state index in [4.69, 9.17) is 8.83 Å². The van der Waals surface area contributed by atoms with Gasteiger partial charge < -0.3 is 13.7 Å². The fraction of sp³-hybridized carbons (Fsp3) is 0.0149.